The number of hydrogen-bond donors (Lipinski definition) is 1. The minimum atomic E-state index is -0.250. The number of methoxy groups -OCH3 is 2. The van der Waals surface area contributed by atoms with Gasteiger partial charge in [0.1, 0.15) is 0 Å². The van der Waals surface area contributed by atoms with E-state index in [9.17, 15) is 9.59 Å². The number of aromatic nitrogens is 1. The molecule has 0 saturated carbocycles. The number of hydrogen-bond acceptors (Lipinski definition) is 7. The van der Waals surface area contributed by atoms with Crippen LogP contribution >= 0.6 is 11.8 Å². The predicted octanol–water partition coefficient (Wildman–Crippen LogP) is 5.20. The normalized spacial score (nSPS) is 15.4. The zero-order valence-corrected chi connectivity index (χ0v) is 20.5. The van der Waals surface area contributed by atoms with Crippen LogP contribution in [0.25, 0.3) is 0 Å². The number of para-hydroxylation sites is 1. The van der Waals surface area contributed by atoms with Gasteiger partial charge in [0.25, 0.3) is 5.91 Å². The molecule has 9 heteroatoms. The molecule has 1 aliphatic heterocycles. The first kappa shape index (κ1) is 24.3. The molecule has 1 atom stereocenters. The molecular formula is C26H26N4O4S. The summed E-state index contributed by atoms with van der Waals surface area (Å²) in [7, 11) is 3.18. The summed E-state index contributed by atoms with van der Waals surface area (Å²) in [5.41, 5.74) is 3.54. The number of nitrogens with zero attached hydrogens (tertiary/aromatic N) is 3. The zero-order chi connectivity index (χ0) is 24.8. The number of carbonyl (C=O) groups is 2. The zero-order valence-electron chi connectivity index (χ0n) is 19.7. The van der Waals surface area contributed by atoms with Gasteiger partial charge in [-0.3, -0.25) is 14.6 Å². The summed E-state index contributed by atoms with van der Waals surface area (Å²) in [5.74, 6) is 0.972. The third kappa shape index (κ3) is 5.46. The van der Waals surface area contributed by atoms with Crippen LogP contribution in [0.5, 0.6) is 11.5 Å². The van der Waals surface area contributed by atoms with E-state index >= 15 is 0 Å². The van der Waals surface area contributed by atoms with Gasteiger partial charge in [0, 0.05) is 29.2 Å². The lowest BCUT2D eigenvalue weighted by Gasteiger charge is -2.29. The summed E-state index contributed by atoms with van der Waals surface area (Å²) in [4.78, 5) is 29.6. The first-order valence-electron chi connectivity index (χ1n) is 11.1. The maximum Gasteiger partial charge on any atom is 0.302 e. The molecule has 0 spiro atoms. The van der Waals surface area contributed by atoms with Crippen LogP contribution in [0.4, 0.5) is 10.5 Å². The lowest BCUT2D eigenvalue weighted by Crippen LogP contribution is -2.35. The number of carbonyl (C=O) groups excluding carboxylic acids is 2. The molecule has 0 bridgehead atoms. The second-order valence-electron chi connectivity index (χ2n) is 7.74. The Bertz CT molecular complexity index is 1250. The second kappa shape index (κ2) is 11.1. The standard InChI is InChI=1S/C26H26N4O4S/c1-4-23-24(18-9-10-21(33-2)22(15-18)34-3)29-30(26(32)35-23)16-19-7-5-6-8-20(19)28-25(31)17-11-13-27-14-12-17/h5-15,23H,4,16H2,1-3H3,(H,28,31). The minimum absolute atomic E-state index is 0.0847. The van der Waals surface area contributed by atoms with E-state index in [-0.39, 0.29) is 22.9 Å². The van der Waals surface area contributed by atoms with E-state index in [1.54, 1.807) is 38.7 Å². The molecule has 0 fully saturated rings. The fourth-order valence-electron chi connectivity index (χ4n) is 3.73. The number of hydrazone groups is 1. The monoisotopic (exact) mass is 490 g/mol. The first-order chi connectivity index (χ1) is 17.0. The fourth-order valence-corrected chi connectivity index (χ4v) is 4.66. The molecule has 4 rings (SSSR count). The van der Waals surface area contributed by atoms with Gasteiger partial charge in [-0.25, -0.2) is 5.01 Å². The molecule has 1 N–H and O–H groups in total. The summed E-state index contributed by atoms with van der Waals surface area (Å²) >= 11 is 1.25. The Morgan fingerprint density at radius 1 is 1.06 bits per heavy atom. The topological polar surface area (TPSA) is 93.1 Å². The smallest absolute Gasteiger partial charge is 0.302 e. The number of rotatable bonds is 8. The first-order valence-corrected chi connectivity index (χ1v) is 12.0. The van der Waals surface area contributed by atoms with Crippen molar-refractivity contribution in [1.82, 2.24) is 9.99 Å². The molecule has 180 valence electrons. The van der Waals surface area contributed by atoms with Crippen molar-refractivity contribution in [2.24, 2.45) is 5.10 Å². The maximum atomic E-state index is 13.0. The Morgan fingerprint density at radius 3 is 2.51 bits per heavy atom. The Hall–Kier alpha value is -3.85. The lowest BCUT2D eigenvalue weighted by atomic mass is 10.0. The molecule has 1 unspecified atom stereocenters. The van der Waals surface area contributed by atoms with Crippen molar-refractivity contribution in [2.75, 3.05) is 19.5 Å². The van der Waals surface area contributed by atoms with Crippen molar-refractivity contribution < 1.29 is 19.1 Å². The second-order valence-corrected chi connectivity index (χ2v) is 8.89. The van der Waals surface area contributed by atoms with E-state index in [1.807, 2.05) is 49.4 Å². The molecule has 0 aliphatic carbocycles. The highest BCUT2D eigenvalue weighted by atomic mass is 32.2. The summed E-state index contributed by atoms with van der Waals surface area (Å²) < 4.78 is 10.8. The molecule has 2 amide bonds. The molecule has 3 aromatic rings. The molecular weight excluding hydrogens is 464 g/mol. The van der Waals surface area contributed by atoms with E-state index in [1.165, 1.54) is 16.8 Å². The molecule has 0 saturated heterocycles. The number of thioether (sulfide) groups is 1. The van der Waals surface area contributed by atoms with Gasteiger partial charge in [0.15, 0.2) is 11.5 Å². The van der Waals surface area contributed by atoms with Gasteiger partial charge in [-0.2, -0.15) is 5.10 Å². The summed E-state index contributed by atoms with van der Waals surface area (Å²) in [6, 6.07) is 16.3. The third-order valence-electron chi connectivity index (χ3n) is 5.57. The Labute approximate surface area is 208 Å². The Morgan fingerprint density at radius 2 is 1.80 bits per heavy atom. The average Bonchev–Trinajstić information content (AvgIpc) is 2.90. The van der Waals surface area contributed by atoms with E-state index in [0.29, 0.717) is 22.7 Å². The lowest BCUT2D eigenvalue weighted by molar-refractivity contribution is 0.102. The molecule has 2 heterocycles. The Balaban J connectivity index is 1.63. The van der Waals surface area contributed by atoms with E-state index in [0.717, 1.165) is 23.3 Å². The van der Waals surface area contributed by atoms with Crippen LogP contribution in [0.1, 0.15) is 34.8 Å². The van der Waals surface area contributed by atoms with Gasteiger partial charge in [-0.15, -0.1) is 0 Å². The molecule has 1 aromatic heterocycles. The van der Waals surface area contributed by atoms with Crippen molar-refractivity contribution in [2.45, 2.75) is 25.1 Å². The van der Waals surface area contributed by atoms with Crippen molar-refractivity contribution in [3.8, 4) is 11.5 Å². The highest BCUT2D eigenvalue weighted by Gasteiger charge is 2.31. The van der Waals surface area contributed by atoms with Crippen LogP contribution in [-0.4, -0.2) is 46.3 Å². The van der Waals surface area contributed by atoms with Gasteiger partial charge >= 0.3 is 5.24 Å². The number of anilines is 1. The highest BCUT2D eigenvalue weighted by Crippen LogP contribution is 2.34. The van der Waals surface area contributed by atoms with Crippen LogP contribution in [-0.2, 0) is 6.54 Å². The van der Waals surface area contributed by atoms with Crippen LogP contribution in [0.15, 0.2) is 72.1 Å². The molecule has 35 heavy (non-hydrogen) atoms. The van der Waals surface area contributed by atoms with Crippen LogP contribution < -0.4 is 14.8 Å². The van der Waals surface area contributed by atoms with E-state index < -0.39 is 0 Å². The van der Waals surface area contributed by atoms with Crippen molar-refractivity contribution in [1.29, 1.82) is 0 Å². The molecule has 8 nitrogen and oxygen atoms in total. The molecule has 0 radical (unpaired) electrons. The van der Waals surface area contributed by atoms with Gasteiger partial charge in [0.05, 0.1) is 31.7 Å². The van der Waals surface area contributed by atoms with Gasteiger partial charge < -0.3 is 14.8 Å². The van der Waals surface area contributed by atoms with Crippen molar-refractivity contribution in [3.63, 3.8) is 0 Å². The maximum absolute atomic E-state index is 13.0. The van der Waals surface area contributed by atoms with Gasteiger partial charge in [-0.05, 0) is 48.4 Å². The quantitative estimate of drug-likeness (QED) is 0.466. The van der Waals surface area contributed by atoms with E-state index in [4.69, 9.17) is 14.6 Å². The number of pyridine rings is 1. The van der Waals surface area contributed by atoms with Crippen LogP contribution in [0.2, 0.25) is 0 Å². The fraction of sp³-hybridized carbons (Fsp3) is 0.231. The highest BCUT2D eigenvalue weighted by molar-refractivity contribution is 8.14. The van der Waals surface area contributed by atoms with E-state index in [2.05, 4.69) is 10.3 Å². The largest absolute Gasteiger partial charge is 0.493 e. The number of ether oxygens (including phenoxy) is 2. The Kier molecular flexibility index (Phi) is 7.67. The van der Waals surface area contributed by atoms with Crippen LogP contribution in [0, 0.1) is 0 Å². The van der Waals surface area contributed by atoms with Crippen molar-refractivity contribution >= 4 is 34.3 Å². The predicted molar refractivity (Wildman–Crippen MR) is 137 cm³/mol. The molecule has 2 aromatic carbocycles. The number of benzene rings is 2. The van der Waals surface area contributed by atoms with Gasteiger partial charge in [0.2, 0.25) is 0 Å². The van der Waals surface area contributed by atoms with Crippen molar-refractivity contribution in [3.05, 3.63) is 83.7 Å². The minimum Gasteiger partial charge on any atom is -0.493 e. The molecule has 1 aliphatic rings. The number of nitrogens with one attached hydrogen (secondary N) is 1. The van der Waals surface area contributed by atoms with Crippen LogP contribution in [0.3, 0.4) is 0 Å². The average molecular weight is 491 g/mol. The summed E-state index contributed by atoms with van der Waals surface area (Å²) in [5, 5.41) is 8.90. The summed E-state index contributed by atoms with van der Waals surface area (Å²) in [6.07, 6.45) is 3.88. The summed E-state index contributed by atoms with van der Waals surface area (Å²) in [6.45, 7) is 2.24. The number of amides is 2. The SMILES string of the molecule is CCC1SC(=O)N(Cc2ccccc2NC(=O)c2ccncc2)N=C1c1ccc(OC)c(OC)c1. The van der Waals surface area contributed by atoms with Gasteiger partial charge in [-0.1, -0.05) is 36.9 Å². The third-order valence-corrected chi connectivity index (χ3v) is 6.82.